The number of unbranched alkanes of at least 4 members (excludes halogenated alkanes) is 40. The third kappa shape index (κ3) is 34.7. The molecule has 4 unspecified atom stereocenters. The first-order valence-electron chi connectivity index (χ1n) is 32.4. The van der Waals surface area contributed by atoms with Crippen molar-refractivity contribution in [2.75, 3.05) is 19.8 Å². The van der Waals surface area contributed by atoms with Gasteiger partial charge in [-0.05, 0) is 19.3 Å². The highest BCUT2D eigenvalue weighted by atomic mass is 16.7. The maximum absolute atomic E-state index is 13.3. The molecule has 0 aliphatic carbocycles. The molecule has 0 aromatic heterocycles. The van der Waals surface area contributed by atoms with E-state index in [2.05, 4.69) is 19.2 Å². The molecule has 2 fully saturated rings. The van der Waals surface area contributed by atoms with Crippen LogP contribution in [-0.2, 0) is 23.7 Å². The molecule has 2 aliphatic rings. The van der Waals surface area contributed by atoms with Crippen LogP contribution in [0.1, 0.15) is 290 Å². The average molecular weight is 1100 g/mol. The van der Waals surface area contributed by atoms with Crippen molar-refractivity contribution in [2.24, 2.45) is 0 Å². The number of allylic oxidation sites excluding steroid dienone is 1. The highest BCUT2D eigenvalue weighted by Crippen LogP contribution is 2.30. The van der Waals surface area contributed by atoms with Crippen molar-refractivity contribution >= 4 is 5.91 Å². The second kappa shape index (κ2) is 49.3. The molecule has 9 N–H and O–H groups in total. The van der Waals surface area contributed by atoms with E-state index in [4.69, 9.17) is 18.9 Å². The summed E-state index contributed by atoms with van der Waals surface area (Å²) in [5.41, 5.74) is 0. The van der Waals surface area contributed by atoms with E-state index in [1.807, 2.05) is 6.08 Å². The van der Waals surface area contributed by atoms with Crippen LogP contribution in [0.2, 0.25) is 0 Å². The molecule has 14 nitrogen and oxygen atoms in total. The SMILES string of the molecule is CCCCCCCCCCCCCCCCC/C=C/[C@@H](O)[C@H](CO[C@@H]1O[C@H](CO)[C@@H](O[C@@H]2O[C@H](CO)[C@H](O)C(O)C2O)C(O)C1O)NC(=O)CCCCCCCCCCCCCCCCCCCCCCCCCCCC. The van der Waals surface area contributed by atoms with Gasteiger partial charge in [-0.1, -0.05) is 276 Å². The van der Waals surface area contributed by atoms with Crippen LogP contribution in [0.15, 0.2) is 12.2 Å². The molecule has 2 rings (SSSR count). The fourth-order valence-corrected chi connectivity index (χ4v) is 11.0. The van der Waals surface area contributed by atoms with Crippen molar-refractivity contribution in [3.63, 3.8) is 0 Å². The molecule has 77 heavy (non-hydrogen) atoms. The number of carbonyl (C=O) groups is 1. The minimum absolute atomic E-state index is 0.232. The number of aliphatic hydroxyl groups is 8. The molecular weight excluding hydrogens is 979 g/mol. The fraction of sp³-hybridized carbons (Fsp3) is 0.952. The molecule has 12 atom stereocenters. The lowest BCUT2D eigenvalue weighted by Gasteiger charge is -2.46. The number of hydrogen-bond donors (Lipinski definition) is 9. The van der Waals surface area contributed by atoms with E-state index in [1.165, 1.54) is 225 Å². The summed E-state index contributed by atoms with van der Waals surface area (Å²) in [7, 11) is 0. The van der Waals surface area contributed by atoms with Gasteiger partial charge in [-0.3, -0.25) is 4.79 Å². The van der Waals surface area contributed by atoms with E-state index in [0.29, 0.717) is 6.42 Å². The maximum atomic E-state index is 13.3. The summed E-state index contributed by atoms with van der Waals surface area (Å²) in [5, 5.41) is 87.2. The van der Waals surface area contributed by atoms with E-state index in [-0.39, 0.29) is 18.9 Å². The molecular formula is C63H121NO13. The number of hydrogen-bond acceptors (Lipinski definition) is 13. The van der Waals surface area contributed by atoms with Gasteiger partial charge in [0.2, 0.25) is 5.91 Å². The van der Waals surface area contributed by atoms with Crippen LogP contribution in [0.4, 0.5) is 0 Å². The molecule has 14 heteroatoms. The van der Waals surface area contributed by atoms with Gasteiger partial charge in [-0.2, -0.15) is 0 Å². The smallest absolute Gasteiger partial charge is 0.220 e. The largest absolute Gasteiger partial charge is 0.394 e. The van der Waals surface area contributed by atoms with Crippen molar-refractivity contribution in [1.82, 2.24) is 5.32 Å². The molecule has 0 saturated carbocycles. The van der Waals surface area contributed by atoms with Gasteiger partial charge in [0.05, 0.1) is 32.0 Å². The first kappa shape index (κ1) is 71.8. The fourth-order valence-electron chi connectivity index (χ4n) is 11.0. The summed E-state index contributed by atoms with van der Waals surface area (Å²) in [4.78, 5) is 13.3. The van der Waals surface area contributed by atoms with Gasteiger partial charge < -0.3 is 65.1 Å². The Balaban J connectivity index is 1.70. The summed E-state index contributed by atoms with van der Waals surface area (Å²) in [6.45, 7) is 2.84. The predicted molar refractivity (Wildman–Crippen MR) is 309 cm³/mol. The van der Waals surface area contributed by atoms with Crippen LogP contribution in [0, 0.1) is 0 Å². The van der Waals surface area contributed by atoms with Crippen LogP contribution in [0.3, 0.4) is 0 Å². The van der Waals surface area contributed by atoms with E-state index >= 15 is 0 Å². The Morgan fingerprint density at radius 2 is 0.805 bits per heavy atom. The standard InChI is InChI=1S/C63H121NO13/c1-3-5-7-9-11-13-15-17-19-21-22-23-24-25-26-27-28-29-31-33-35-37-39-41-43-45-47-55(68)64-51(52(67)46-44-42-40-38-36-34-32-30-20-18-16-14-12-10-8-6-4-2)50-74-62-60(73)58(71)61(54(49-66)76-62)77-63-59(72)57(70)56(69)53(48-65)75-63/h44,46,51-54,56-63,65-67,69-73H,3-43,45,47-50H2,1-2H3,(H,64,68)/b46-44+/t51-,52+,53+,54+,56-,57?,58?,59?,60?,61+,62+,63-/m0/s1. The second-order valence-electron chi connectivity index (χ2n) is 23.3. The van der Waals surface area contributed by atoms with Gasteiger partial charge in [-0.25, -0.2) is 0 Å². The third-order valence-corrected chi connectivity index (χ3v) is 16.2. The Morgan fingerprint density at radius 1 is 0.455 bits per heavy atom. The lowest BCUT2D eigenvalue weighted by atomic mass is 9.97. The zero-order valence-electron chi connectivity index (χ0n) is 49.2. The zero-order chi connectivity index (χ0) is 56.0. The summed E-state index contributed by atoms with van der Waals surface area (Å²) in [6.07, 6.45) is 41.2. The van der Waals surface area contributed by atoms with E-state index < -0.39 is 86.8 Å². The van der Waals surface area contributed by atoms with Crippen molar-refractivity contribution in [1.29, 1.82) is 0 Å². The van der Waals surface area contributed by atoms with Crippen molar-refractivity contribution in [2.45, 2.75) is 364 Å². The Kier molecular flexibility index (Phi) is 46.0. The number of amides is 1. The normalized spacial score (nSPS) is 24.7. The summed E-state index contributed by atoms with van der Waals surface area (Å²) >= 11 is 0. The van der Waals surface area contributed by atoms with Gasteiger partial charge in [-0.15, -0.1) is 0 Å². The van der Waals surface area contributed by atoms with Gasteiger partial charge in [0.1, 0.15) is 48.8 Å². The summed E-state index contributed by atoms with van der Waals surface area (Å²) in [5.74, 6) is -0.232. The van der Waals surface area contributed by atoms with Gasteiger partial charge in [0, 0.05) is 6.42 Å². The summed E-state index contributed by atoms with van der Waals surface area (Å²) < 4.78 is 22.8. The molecule has 0 aromatic rings. The van der Waals surface area contributed by atoms with Gasteiger partial charge in [0.25, 0.3) is 0 Å². The van der Waals surface area contributed by atoms with Gasteiger partial charge >= 0.3 is 0 Å². The lowest BCUT2D eigenvalue weighted by molar-refractivity contribution is -0.359. The van der Waals surface area contributed by atoms with E-state index in [0.717, 1.165) is 38.5 Å². The predicted octanol–water partition coefficient (Wildman–Crippen LogP) is 11.8. The number of nitrogens with one attached hydrogen (secondary N) is 1. The number of rotatable bonds is 53. The molecule has 2 heterocycles. The molecule has 0 spiro atoms. The van der Waals surface area contributed by atoms with Gasteiger partial charge in [0.15, 0.2) is 12.6 Å². The minimum atomic E-state index is -1.79. The first-order valence-corrected chi connectivity index (χ1v) is 32.4. The molecule has 456 valence electrons. The molecule has 1 amide bonds. The first-order chi connectivity index (χ1) is 37.6. The quantitative estimate of drug-likeness (QED) is 0.0204. The highest BCUT2D eigenvalue weighted by Gasteiger charge is 2.51. The molecule has 2 saturated heterocycles. The van der Waals surface area contributed by atoms with Crippen LogP contribution in [-0.4, -0.2) is 140 Å². The van der Waals surface area contributed by atoms with E-state index in [9.17, 15) is 45.6 Å². The maximum Gasteiger partial charge on any atom is 0.220 e. The number of aliphatic hydroxyl groups excluding tert-OH is 8. The number of ether oxygens (including phenoxy) is 4. The second-order valence-corrected chi connectivity index (χ2v) is 23.3. The molecule has 0 bridgehead atoms. The third-order valence-electron chi connectivity index (χ3n) is 16.2. The van der Waals surface area contributed by atoms with Crippen LogP contribution in [0.5, 0.6) is 0 Å². The topological polar surface area (TPSA) is 228 Å². The molecule has 0 radical (unpaired) electrons. The van der Waals surface area contributed by atoms with Crippen molar-refractivity contribution in [3.8, 4) is 0 Å². The van der Waals surface area contributed by atoms with Crippen molar-refractivity contribution in [3.05, 3.63) is 12.2 Å². The zero-order valence-corrected chi connectivity index (χ0v) is 49.2. The molecule has 0 aromatic carbocycles. The Labute approximate surface area is 469 Å². The van der Waals surface area contributed by atoms with E-state index in [1.54, 1.807) is 6.08 Å². The van der Waals surface area contributed by atoms with Crippen LogP contribution in [0.25, 0.3) is 0 Å². The van der Waals surface area contributed by atoms with Crippen LogP contribution >= 0.6 is 0 Å². The highest BCUT2D eigenvalue weighted by molar-refractivity contribution is 5.76. The Morgan fingerprint density at radius 3 is 1.19 bits per heavy atom. The minimum Gasteiger partial charge on any atom is -0.394 e. The summed E-state index contributed by atoms with van der Waals surface area (Å²) in [6, 6.07) is -0.910. The monoisotopic (exact) mass is 1100 g/mol. The average Bonchev–Trinajstić information content (AvgIpc) is 3.44. The Bertz CT molecular complexity index is 1340. The number of carbonyl (C=O) groups excluding carboxylic acids is 1. The Hall–Kier alpha value is -1.27. The lowest BCUT2D eigenvalue weighted by Crippen LogP contribution is -2.65. The van der Waals surface area contributed by atoms with Crippen molar-refractivity contribution < 1.29 is 64.6 Å². The van der Waals surface area contributed by atoms with Crippen LogP contribution < -0.4 is 5.32 Å². The molecule has 2 aliphatic heterocycles.